The molecule has 0 radical (unpaired) electrons. The van der Waals surface area contributed by atoms with Crippen LogP contribution in [0.25, 0.3) is 11.1 Å². The number of methoxy groups -OCH3 is 1. The Hall–Kier alpha value is -3.45. The predicted octanol–water partition coefficient (Wildman–Crippen LogP) is 3.53. The second-order valence-electron chi connectivity index (χ2n) is 7.04. The quantitative estimate of drug-likeness (QED) is 0.674. The number of ether oxygens (including phenoxy) is 1. The van der Waals surface area contributed by atoms with Crippen molar-refractivity contribution in [3.05, 3.63) is 65.9 Å². The van der Waals surface area contributed by atoms with Crippen molar-refractivity contribution in [3.63, 3.8) is 0 Å². The predicted molar refractivity (Wildman–Crippen MR) is 110 cm³/mol. The highest BCUT2D eigenvalue weighted by Gasteiger charge is 2.37. The molecule has 3 aromatic rings. The van der Waals surface area contributed by atoms with Crippen molar-refractivity contribution < 1.29 is 14.3 Å². The average Bonchev–Trinajstić information content (AvgIpc) is 3.19. The monoisotopic (exact) mass is 390 g/mol. The molecular formula is C22H22N4O3. The van der Waals surface area contributed by atoms with E-state index in [2.05, 4.69) is 15.7 Å². The van der Waals surface area contributed by atoms with Gasteiger partial charge in [0.1, 0.15) is 11.9 Å². The maximum absolute atomic E-state index is 12.6. The molecule has 7 nitrogen and oxygen atoms in total. The molecule has 0 spiro atoms. The SMILES string of the molecule is COCc1nn2c(c1-c1ccc(C)cc1)NC(=O)C2CC(=O)Nc1ccccc1. The molecule has 1 atom stereocenters. The number of para-hydroxylation sites is 1. The van der Waals surface area contributed by atoms with Crippen LogP contribution in [-0.2, 0) is 20.9 Å². The number of amides is 2. The number of carbonyl (C=O) groups is 2. The third-order valence-electron chi connectivity index (χ3n) is 4.88. The lowest BCUT2D eigenvalue weighted by molar-refractivity contribution is -0.123. The Balaban J connectivity index is 1.64. The maximum Gasteiger partial charge on any atom is 0.251 e. The number of nitrogens with one attached hydrogen (secondary N) is 2. The van der Waals surface area contributed by atoms with E-state index in [9.17, 15) is 9.59 Å². The van der Waals surface area contributed by atoms with E-state index in [1.54, 1.807) is 23.9 Å². The molecule has 29 heavy (non-hydrogen) atoms. The number of anilines is 2. The summed E-state index contributed by atoms with van der Waals surface area (Å²) in [5.74, 6) is 0.112. The molecule has 2 amide bonds. The Labute approximate surface area is 168 Å². The fourth-order valence-electron chi connectivity index (χ4n) is 3.49. The molecular weight excluding hydrogens is 368 g/mol. The van der Waals surface area contributed by atoms with E-state index in [-0.39, 0.29) is 18.2 Å². The van der Waals surface area contributed by atoms with Crippen molar-refractivity contribution in [1.29, 1.82) is 0 Å². The molecule has 0 bridgehead atoms. The van der Waals surface area contributed by atoms with Crippen LogP contribution in [-0.4, -0.2) is 28.7 Å². The third kappa shape index (κ3) is 3.77. The van der Waals surface area contributed by atoms with Crippen molar-refractivity contribution in [1.82, 2.24) is 9.78 Å². The molecule has 0 saturated heterocycles. The highest BCUT2D eigenvalue weighted by Crippen LogP contribution is 2.39. The molecule has 4 rings (SSSR count). The zero-order valence-corrected chi connectivity index (χ0v) is 16.3. The number of benzene rings is 2. The van der Waals surface area contributed by atoms with Crippen LogP contribution in [0.1, 0.15) is 23.7 Å². The first kappa shape index (κ1) is 18.9. The van der Waals surface area contributed by atoms with Crippen LogP contribution in [0.15, 0.2) is 54.6 Å². The molecule has 1 aliphatic rings. The summed E-state index contributed by atoms with van der Waals surface area (Å²) in [5.41, 5.74) is 4.33. The molecule has 2 N–H and O–H groups in total. The van der Waals surface area contributed by atoms with Gasteiger partial charge in [-0.05, 0) is 24.6 Å². The number of hydrogen-bond donors (Lipinski definition) is 2. The Kier molecular flexibility index (Phi) is 5.14. The highest BCUT2D eigenvalue weighted by molar-refractivity contribution is 6.04. The highest BCUT2D eigenvalue weighted by atomic mass is 16.5. The lowest BCUT2D eigenvalue weighted by Gasteiger charge is -2.10. The number of rotatable bonds is 6. The molecule has 0 aliphatic carbocycles. The summed E-state index contributed by atoms with van der Waals surface area (Å²) in [5, 5.41) is 10.3. The first-order valence-corrected chi connectivity index (χ1v) is 9.40. The summed E-state index contributed by atoms with van der Waals surface area (Å²) in [7, 11) is 1.60. The van der Waals surface area contributed by atoms with Gasteiger partial charge >= 0.3 is 0 Å². The van der Waals surface area contributed by atoms with Crippen LogP contribution in [0.2, 0.25) is 0 Å². The Morgan fingerprint density at radius 1 is 1.17 bits per heavy atom. The fraction of sp³-hybridized carbons (Fsp3) is 0.227. The molecule has 1 aromatic heterocycles. The zero-order valence-electron chi connectivity index (χ0n) is 16.3. The van der Waals surface area contributed by atoms with E-state index in [0.717, 1.165) is 22.4 Å². The van der Waals surface area contributed by atoms with Crippen molar-refractivity contribution in [3.8, 4) is 11.1 Å². The van der Waals surface area contributed by atoms with Crippen molar-refractivity contribution in [2.45, 2.75) is 26.0 Å². The van der Waals surface area contributed by atoms with E-state index in [1.807, 2.05) is 49.4 Å². The second kappa shape index (κ2) is 7.89. The minimum Gasteiger partial charge on any atom is -0.378 e. The van der Waals surface area contributed by atoms with Gasteiger partial charge in [-0.15, -0.1) is 0 Å². The van der Waals surface area contributed by atoms with Gasteiger partial charge in [0.15, 0.2) is 0 Å². The minimum absolute atomic E-state index is 0.00479. The van der Waals surface area contributed by atoms with Gasteiger partial charge in [0.05, 0.1) is 18.7 Å². The van der Waals surface area contributed by atoms with Gasteiger partial charge in [0.25, 0.3) is 5.91 Å². The Morgan fingerprint density at radius 3 is 2.59 bits per heavy atom. The van der Waals surface area contributed by atoms with Crippen LogP contribution in [0, 0.1) is 6.92 Å². The second-order valence-corrected chi connectivity index (χ2v) is 7.04. The molecule has 0 saturated carbocycles. The number of nitrogens with zero attached hydrogens (tertiary/aromatic N) is 2. The van der Waals surface area contributed by atoms with Gasteiger partial charge in [-0.3, -0.25) is 9.59 Å². The summed E-state index contributed by atoms with van der Waals surface area (Å²) >= 11 is 0. The van der Waals surface area contributed by atoms with Crippen LogP contribution in [0.3, 0.4) is 0 Å². The minimum atomic E-state index is -0.705. The van der Waals surface area contributed by atoms with E-state index < -0.39 is 6.04 Å². The maximum atomic E-state index is 12.6. The fourth-order valence-corrected chi connectivity index (χ4v) is 3.49. The summed E-state index contributed by atoms with van der Waals surface area (Å²) in [6.07, 6.45) is -0.00479. The number of fused-ring (bicyclic) bond motifs is 1. The lowest BCUT2D eigenvalue weighted by Crippen LogP contribution is -2.24. The van der Waals surface area contributed by atoms with Crippen LogP contribution < -0.4 is 10.6 Å². The van der Waals surface area contributed by atoms with Crippen molar-refractivity contribution in [2.24, 2.45) is 0 Å². The lowest BCUT2D eigenvalue weighted by atomic mass is 10.0. The van der Waals surface area contributed by atoms with Crippen LogP contribution in [0.5, 0.6) is 0 Å². The third-order valence-corrected chi connectivity index (χ3v) is 4.88. The van der Waals surface area contributed by atoms with Crippen LogP contribution in [0.4, 0.5) is 11.5 Å². The Bertz CT molecular complexity index is 1040. The van der Waals surface area contributed by atoms with E-state index >= 15 is 0 Å². The summed E-state index contributed by atoms with van der Waals surface area (Å²) in [6, 6.07) is 16.5. The summed E-state index contributed by atoms with van der Waals surface area (Å²) in [6.45, 7) is 2.33. The standard InChI is InChI=1S/C22H22N4O3/c1-14-8-10-15(11-9-14)20-17(13-29-2)25-26-18(22(28)24-21(20)26)12-19(27)23-16-6-4-3-5-7-16/h3-11,18H,12-13H2,1-2H3,(H,23,27)(H,24,28). The topological polar surface area (TPSA) is 85.2 Å². The normalized spacial score (nSPS) is 15.1. The molecule has 2 heterocycles. The van der Waals surface area contributed by atoms with E-state index in [0.29, 0.717) is 18.1 Å². The molecule has 148 valence electrons. The van der Waals surface area contributed by atoms with Gasteiger partial charge in [0, 0.05) is 18.4 Å². The van der Waals surface area contributed by atoms with Crippen molar-refractivity contribution in [2.75, 3.05) is 17.7 Å². The Morgan fingerprint density at radius 2 is 1.90 bits per heavy atom. The summed E-state index contributed by atoms with van der Waals surface area (Å²) < 4.78 is 6.91. The molecule has 0 fully saturated rings. The first-order chi connectivity index (χ1) is 14.1. The van der Waals surface area contributed by atoms with Crippen molar-refractivity contribution >= 4 is 23.3 Å². The largest absolute Gasteiger partial charge is 0.378 e. The van der Waals surface area contributed by atoms with E-state index in [4.69, 9.17) is 4.74 Å². The number of aromatic nitrogens is 2. The zero-order chi connectivity index (χ0) is 20.4. The van der Waals surface area contributed by atoms with Crippen LogP contribution >= 0.6 is 0 Å². The van der Waals surface area contributed by atoms with E-state index in [1.165, 1.54) is 0 Å². The van der Waals surface area contributed by atoms with Gasteiger partial charge in [-0.25, -0.2) is 4.68 Å². The van der Waals surface area contributed by atoms with Gasteiger partial charge in [0.2, 0.25) is 5.91 Å². The molecule has 1 aliphatic heterocycles. The number of hydrogen-bond acceptors (Lipinski definition) is 4. The van der Waals surface area contributed by atoms with Gasteiger partial charge in [-0.1, -0.05) is 48.0 Å². The molecule has 7 heteroatoms. The van der Waals surface area contributed by atoms with Gasteiger partial charge < -0.3 is 15.4 Å². The molecule has 1 unspecified atom stereocenters. The first-order valence-electron chi connectivity index (χ1n) is 9.40. The number of aryl methyl sites for hydroxylation is 1. The smallest absolute Gasteiger partial charge is 0.251 e. The molecule has 2 aromatic carbocycles. The number of carbonyl (C=O) groups excluding carboxylic acids is 2. The van der Waals surface area contributed by atoms with Gasteiger partial charge in [-0.2, -0.15) is 5.10 Å². The average molecular weight is 390 g/mol. The summed E-state index contributed by atoms with van der Waals surface area (Å²) in [4.78, 5) is 25.1.